The Kier molecular flexibility index (Phi) is 3.87. The number of carbonyl (C=O) groups is 1. The lowest BCUT2D eigenvalue weighted by Gasteiger charge is -2.16. The third-order valence-corrected chi connectivity index (χ3v) is 3.31. The van der Waals surface area contributed by atoms with Crippen LogP contribution in [0.25, 0.3) is 0 Å². The first-order valence-corrected chi connectivity index (χ1v) is 6.22. The second-order valence-corrected chi connectivity index (χ2v) is 4.85. The van der Waals surface area contributed by atoms with Crippen molar-refractivity contribution in [3.8, 4) is 5.75 Å². The molecule has 1 atom stereocenters. The van der Waals surface area contributed by atoms with Gasteiger partial charge in [-0.1, -0.05) is 12.1 Å². The molecule has 0 amide bonds. The molecule has 2 N–H and O–H groups in total. The Labute approximate surface area is 107 Å². The van der Waals surface area contributed by atoms with Gasteiger partial charge in [0, 0.05) is 0 Å². The number of hydrogen-bond acceptors (Lipinski definition) is 3. The molecule has 0 aromatic heterocycles. The summed E-state index contributed by atoms with van der Waals surface area (Å²) in [5.41, 5.74) is 1.73. The maximum atomic E-state index is 11.3. The molecule has 0 radical (unpaired) electrons. The standard InChI is InChI=1S/C14H19NO3/c1-9-7-11(5-6-12(9)18-2)13(14(16)17)15-8-10-3-4-10/h5-7,10,13,15H,3-4,8H2,1-2H3,(H,16,17). The van der Waals surface area contributed by atoms with Crippen molar-refractivity contribution in [1.29, 1.82) is 0 Å². The zero-order valence-corrected chi connectivity index (χ0v) is 10.8. The van der Waals surface area contributed by atoms with Gasteiger partial charge in [-0.2, -0.15) is 0 Å². The molecule has 0 spiro atoms. The number of nitrogens with one attached hydrogen (secondary N) is 1. The molecule has 1 saturated carbocycles. The molecule has 1 fully saturated rings. The van der Waals surface area contributed by atoms with E-state index in [1.54, 1.807) is 7.11 Å². The van der Waals surface area contributed by atoms with Crippen LogP contribution in [0.2, 0.25) is 0 Å². The predicted molar refractivity (Wildman–Crippen MR) is 68.8 cm³/mol. The largest absolute Gasteiger partial charge is 0.496 e. The van der Waals surface area contributed by atoms with E-state index in [2.05, 4.69) is 5.32 Å². The van der Waals surface area contributed by atoms with Gasteiger partial charge in [-0.3, -0.25) is 4.79 Å². The Morgan fingerprint density at radius 1 is 1.56 bits per heavy atom. The van der Waals surface area contributed by atoms with Gasteiger partial charge in [0.15, 0.2) is 0 Å². The first-order chi connectivity index (χ1) is 8.61. The quantitative estimate of drug-likeness (QED) is 0.811. The highest BCUT2D eigenvalue weighted by molar-refractivity contribution is 5.75. The van der Waals surface area contributed by atoms with Gasteiger partial charge < -0.3 is 15.2 Å². The monoisotopic (exact) mass is 249 g/mol. The van der Waals surface area contributed by atoms with E-state index in [4.69, 9.17) is 4.74 Å². The van der Waals surface area contributed by atoms with Crippen LogP contribution in [-0.2, 0) is 4.79 Å². The number of aryl methyl sites for hydroxylation is 1. The molecule has 0 heterocycles. The van der Waals surface area contributed by atoms with Crippen LogP contribution >= 0.6 is 0 Å². The van der Waals surface area contributed by atoms with Gasteiger partial charge in [-0.05, 0) is 49.4 Å². The van der Waals surface area contributed by atoms with E-state index in [0.29, 0.717) is 5.92 Å². The number of rotatable bonds is 6. The van der Waals surface area contributed by atoms with Crippen molar-refractivity contribution in [2.75, 3.05) is 13.7 Å². The number of hydrogen-bond donors (Lipinski definition) is 2. The molecule has 0 saturated heterocycles. The SMILES string of the molecule is COc1ccc(C(NCC2CC2)C(=O)O)cc1C. The van der Waals surface area contributed by atoms with Crippen LogP contribution in [-0.4, -0.2) is 24.7 Å². The highest BCUT2D eigenvalue weighted by atomic mass is 16.5. The summed E-state index contributed by atoms with van der Waals surface area (Å²) in [6.07, 6.45) is 2.42. The van der Waals surface area contributed by atoms with E-state index in [-0.39, 0.29) is 0 Å². The Bertz CT molecular complexity index is 441. The van der Waals surface area contributed by atoms with Crippen molar-refractivity contribution >= 4 is 5.97 Å². The lowest BCUT2D eigenvalue weighted by Crippen LogP contribution is -2.30. The molecule has 1 aromatic rings. The van der Waals surface area contributed by atoms with E-state index < -0.39 is 12.0 Å². The van der Waals surface area contributed by atoms with Crippen LogP contribution < -0.4 is 10.1 Å². The molecular weight excluding hydrogens is 230 g/mol. The maximum Gasteiger partial charge on any atom is 0.325 e. The molecule has 2 rings (SSSR count). The van der Waals surface area contributed by atoms with Gasteiger partial charge >= 0.3 is 5.97 Å². The third-order valence-electron chi connectivity index (χ3n) is 3.31. The second-order valence-electron chi connectivity index (χ2n) is 4.85. The van der Waals surface area contributed by atoms with Crippen LogP contribution in [0.4, 0.5) is 0 Å². The van der Waals surface area contributed by atoms with Crippen LogP contribution in [0.5, 0.6) is 5.75 Å². The molecule has 1 aromatic carbocycles. The summed E-state index contributed by atoms with van der Waals surface area (Å²) in [6.45, 7) is 2.70. The van der Waals surface area contributed by atoms with E-state index in [1.807, 2.05) is 25.1 Å². The van der Waals surface area contributed by atoms with Crippen molar-refractivity contribution in [3.63, 3.8) is 0 Å². The summed E-state index contributed by atoms with van der Waals surface area (Å²) in [5, 5.41) is 12.4. The zero-order valence-electron chi connectivity index (χ0n) is 10.8. The van der Waals surface area contributed by atoms with E-state index in [1.165, 1.54) is 12.8 Å². The Morgan fingerprint density at radius 2 is 2.28 bits per heavy atom. The molecule has 1 unspecified atom stereocenters. The van der Waals surface area contributed by atoms with Crippen molar-refractivity contribution in [2.45, 2.75) is 25.8 Å². The molecule has 98 valence electrons. The van der Waals surface area contributed by atoms with E-state index >= 15 is 0 Å². The van der Waals surface area contributed by atoms with Gasteiger partial charge in [0.25, 0.3) is 0 Å². The Morgan fingerprint density at radius 3 is 2.78 bits per heavy atom. The van der Waals surface area contributed by atoms with Crippen molar-refractivity contribution in [1.82, 2.24) is 5.32 Å². The van der Waals surface area contributed by atoms with Gasteiger partial charge in [-0.25, -0.2) is 0 Å². The summed E-state index contributed by atoms with van der Waals surface area (Å²) in [6, 6.07) is 4.87. The summed E-state index contributed by atoms with van der Waals surface area (Å²) in [5.74, 6) is 0.608. The fourth-order valence-corrected chi connectivity index (χ4v) is 2.04. The summed E-state index contributed by atoms with van der Waals surface area (Å²) >= 11 is 0. The number of aliphatic carboxylic acids is 1. The zero-order chi connectivity index (χ0) is 13.1. The first kappa shape index (κ1) is 12.9. The lowest BCUT2D eigenvalue weighted by molar-refractivity contribution is -0.139. The van der Waals surface area contributed by atoms with Crippen molar-refractivity contribution in [3.05, 3.63) is 29.3 Å². The molecule has 0 aliphatic heterocycles. The van der Waals surface area contributed by atoms with Gasteiger partial charge in [0.2, 0.25) is 0 Å². The number of benzene rings is 1. The Balaban J connectivity index is 2.13. The smallest absolute Gasteiger partial charge is 0.325 e. The highest BCUT2D eigenvalue weighted by Crippen LogP contribution is 2.29. The molecule has 4 heteroatoms. The van der Waals surface area contributed by atoms with Crippen LogP contribution in [0.1, 0.15) is 30.0 Å². The molecule has 1 aliphatic rings. The molecule has 4 nitrogen and oxygen atoms in total. The lowest BCUT2D eigenvalue weighted by atomic mass is 10.0. The highest BCUT2D eigenvalue weighted by Gasteiger charge is 2.25. The predicted octanol–water partition coefficient (Wildman–Crippen LogP) is 2.13. The average Bonchev–Trinajstić information content (AvgIpc) is 3.13. The van der Waals surface area contributed by atoms with Gasteiger partial charge in [-0.15, -0.1) is 0 Å². The second kappa shape index (κ2) is 5.40. The molecular formula is C14H19NO3. The normalized spacial score (nSPS) is 16.3. The molecule has 1 aliphatic carbocycles. The van der Waals surface area contributed by atoms with E-state index in [0.717, 1.165) is 23.4 Å². The van der Waals surface area contributed by atoms with Crippen LogP contribution in [0.3, 0.4) is 0 Å². The summed E-state index contributed by atoms with van der Waals surface area (Å²) in [7, 11) is 1.61. The minimum atomic E-state index is -0.833. The molecule has 18 heavy (non-hydrogen) atoms. The fraction of sp³-hybridized carbons (Fsp3) is 0.500. The van der Waals surface area contributed by atoms with Gasteiger partial charge in [0.1, 0.15) is 11.8 Å². The minimum absolute atomic E-state index is 0.629. The third kappa shape index (κ3) is 3.01. The van der Waals surface area contributed by atoms with Crippen LogP contribution in [0, 0.1) is 12.8 Å². The summed E-state index contributed by atoms with van der Waals surface area (Å²) < 4.78 is 5.18. The fourth-order valence-electron chi connectivity index (χ4n) is 2.04. The maximum absolute atomic E-state index is 11.3. The van der Waals surface area contributed by atoms with E-state index in [9.17, 15) is 9.90 Å². The Hall–Kier alpha value is -1.55. The van der Waals surface area contributed by atoms with Gasteiger partial charge in [0.05, 0.1) is 7.11 Å². The summed E-state index contributed by atoms with van der Waals surface area (Å²) in [4.78, 5) is 11.3. The minimum Gasteiger partial charge on any atom is -0.496 e. The first-order valence-electron chi connectivity index (χ1n) is 6.22. The van der Waals surface area contributed by atoms with Crippen molar-refractivity contribution < 1.29 is 14.6 Å². The average molecular weight is 249 g/mol. The van der Waals surface area contributed by atoms with Crippen molar-refractivity contribution in [2.24, 2.45) is 5.92 Å². The molecule has 0 bridgehead atoms. The topological polar surface area (TPSA) is 58.6 Å². The number of methoxy groups -OCH3 is 1. The van der Waals surface area contributed by atoms with Crippen LogP contribution in [0.15, 0.2) is 18.2 Å². The number of carboxylic acid groups (broad SMARTS) is 1. The number of carboxylic acids is 1. The number of ether oxygens (including phenoxy) is 1.